The van der Waals surface area contributed by atoms with Crippen LogP contribution in [0.2, 0.25) is 0 Å². The average Bonchev–Trinajstić information content (AvgIpc) is 1.63. The van der Waals surface area contributed by atoms with Crippen molar-refractivity contribution in [2.24, 2.45) is 0 Å². The van der Waals surface area contributed by atoms with E-state index in [1.165, 1.54) is 11.1 Å². The van der Waals surface area contributed by atoms with Gasteiger partial charge in [0.05, 0.1) is 166 Å². The van der Waals surface area contributed by atoms with Crippen molar-refractivity contribution in [3.8, 4) is 126 Å². The number of aromatic nitrogens is 10. The zero-order valence-electron chi connectivity index (χ0n) is 80.3. The molecule has 23 rings (SSSR count). The maximum atomic E-state index is 14.9. The summed E-state index contributed by atoms with van der Waals surface area (Å²) in [6.07, 6.45) is 15.0. The Labute approximate surface area is 836 Å². The number of fused-ring (bicyclic) bond motifs is 4. The van der Waals surface area contributed by atoms with Crippen molar-refractivity contribution < 1.29 is 66.1 Å². The number of nitrogens with two attached hydrogens (primary N) is 1. The second-order valence-corrected chi connectivity index (χ2v) is 36.9. The minimum absolute atomic E-state index is 0.0694. The predicted octanol–water partition coefficient (Wildman–Crippen LogP) is 14.7. The monoisotopic (exact) mass is 1950 g/mol. The van der Waals surface area contributed by atoms with Crippen LogP contribution in [0.4, 0.5) is 26.0 Å². The quantitative estimate of drug-likeness (QED) is 0.0367. The Morgan fingerprint density at radius 2 is 0.959 bits per heavy atom. The standard InChI is InChI=1S/C35H37FN6O5.C33H35FN6O3.C23H20N6O2.C19H17N3O2/c1-45-33-15-22(2-4-30(33)41-12-10-40(11-13-41)25-20-46-21-25)29-16-26-28(39-29)6-8-38-35(26)23-3-5-31(24(14-23)17-37)47-32-7-9-42(18-27(32)36)34(44)19-43;1-41-32-15-21(2-4-29(32)40-12-10-39(11-13-40)24-19-42-20-24)28-16-25-27(38-28)6-9-37-33(25)22-3-5-30(23(14-22)17-35)43-31-7-8-36-18-26(31)34;24-10-16-7-14(1-2-21(16)31-17-3-5-30-6-4-17)23-18-8-15(9-19(18)27-13-28-23)20-11-26-12-22(25)29-20;20-12-14-11-13(19-16-3-7-21-17(16)4-8-22-19)1-2-18(14)24-15-5-9-23-10-6-15/h2-6,8,14-16,25,27,32,39,43H,7,9-13,18-21H2,1H3;2-6,9,14-16,24,26,31,36,38H,7-8,10-13,18-20H2,1H3;1-2,7-8,11-13,17H,3-6,9H2,(H2,25,29);1-4,7-8,11,15,21H,5-6,9-10H2/t27-,32+;26-,31+;;/m11../s1. The van der Waals surface area contributed by atoms with E-state index in [1.54, 1.807) is 69.6 Å². The smallest absolute Gasteiger partial charge is 0.248 e. The molecule has 0 radical (unpaired) electrons. The molecular weight excluding hydrogens is 1850 g/mol. The van der Waals surface area contributed by atoms with E-state index in [1.807, 2.05) is 85.1 Å². The summed E-state index contributed by atoms with van der Waals surface area (Å²) < 4.78 is 86.4. The van der Waals surface area contributed by atoms with E-state index in [2.05, 4.69) is 148 Å². The van der Waals surface area contributed by atoms with Gasteiger partial charge in [-0.05, 0) is 158 Å². The van der Waals surface area contributed by atoms with Crippen LogP contribution in [0.25, 0.3) is 112 Å². The normalized spacial score (nSPS) is 18.9. The highest BCUT2D eigenvalue weighted by molar-refractivity contribution is 5.99. The van der Waals surface area contributed by atoms with Gasteiger partial charge in [-0.2, -0.15) is 21.0 Å². The van der Waals surface area contributed by atoms with Crippen LogP contribution in [0.15, 0.2) is 189 Å². The number of H-pyrrole nitrogens is 3. The summed E-state index contributed by atoms with van der Waals surface area (Å²) in [7, 11) is 3.42. The van der Waals surface area contributed by atoms with Crippen molar-refractivity contribution in [3.05, 3.63) is 228 Å². The van der Waals surface area contributed by atoms with Gasteiger partial charge in [0, 0.05) is 212 Å². The summed E-state index contributed by atoms with van der Waals surface area (Å²) in [5, 5.41) is 54.1. The van der Waals surface area contributed by atoms with Crippen molar-refractivity contribution in [1.82, 2.24) is 69.9 Å². The first-order valence-electron chi connectivity index (χ1n) is 49.0. The summed E-state index contributed by atoms with van der Waals surface area (Å²) >= 11 is 0. The van der Waals surface area contributed by atoms with E-state index >= 15 is 0 Å². The Morgan fingerprint density at radius 1 is 0.490 bits per heavy atom. The number of carbonyl (C=O) groups is 1. The number of aliphatic hydroxyl groups excluding tert-OH is 1. The van der Waals surface area contributed by atoms with Gasteiger partial charge in [-0.25, -0.2) is 23.7 Å². The molecule has 1 aliphatic carbocycles. The van der Waals surface area contributed by atoms with E-state index in [0.717, 1.165) is 244 Å². The van der Waals surface area contributed by atoms with E-state index < -0.39 is 37.1 Å². The molecule has 0 saturated carbocycles. The Hall–Kier alpha value is -15.5. The number of piperazine rings is 2. The number of ether oxygens (including phenoxy) is 10. The van der Waals surface area contributed by atoms with Crippen LogP contribution >= 0.6 is 0 Å². The summed E-state index contributed by atoms with van der Waals surface area (Å²) in [6.45, 7) is 14.4. The molecule has 16 heterocycles. The molecule has 4 atom stereocenters. The zero-order valence-corrected chi connectivity index (χ0v) is 80.3. The number of anilines is 3. The van der Waals surface area contributed by atoms with E-state index in [9.17, 15) is 34.6 Å². The summed E-state index contributed by atoms with van der Waals surface area (Å²) in [5.74, 6) is 3.42. The highest BCUT2D eigenvalue weighted by atomic mass is 19.1. The molecule has 7 N–H and O–H groups in total. The van der Waals surface area contributed by atoms with Gasteiger partial charge in [-0.15, -0.1) is 0 Å². The number of carbonyl (C=O) groups excluding carboxylic acids is 1. The molecule has 35 heteroatoms. The lowest BCUT2D eigenvalue weighted by Crippen LogP contribution is -2.56. The number of halogens is 2. The lowest BCUT2D eigenvalue weighted by Gasteiger charge is -2.43. The van der Waals surface area contributed by atoms with Crippen LogP contribution in [-0.2, 0) is 30.2 Å². The third kappa shape index (κ3) is 21.6. The Kier molecular flexibility index (Phi) is 29.8. The minimum atomic E-state index is -1.44. The fraction of sp³-hybridized carbons (Fsp3) is 0.345. The fourth-order valence-corrected chi connectivity index (χ4v) is 19.9. The van der Waals surface area contributed by atoms with Crippen LogP contribution in [0.1, 0.15) is 77.7 Å². The van der Waals surface area contributed by atoms with Crippen molar-refractivity contribution >= 4 is 67.5 Å². The molecule has 33 nitrogen and oxygen atoms in total. The number of pyridine rings is 3. The number of aliphatic hydroxyl groups is 1. The molecule has 0 spiro atoms. The Balaban J connectivity index is 0.000000121. The van der Waals surface area contributed by atoms with Gasteiger partial charge in [0.15, 0.2) is 6.17 Å². The number of nitriles is 4. The number of nitrogen functional groups attached to an aromatic ring is 1. The largest absolute Gasteiger partial charge is 0.495 e. The third-order valence-electron chi connectivity index (χ3n) is 28.1. The maximum absolute atomic E-state index is 14.9. The van der Waals surface area contributed by atoms with Crippen LogP contribution in [-0.4, -0.2) is 277 Å². The van der Waals surface area contributed by atoms with Gasteiger partial charge >= 0.3 is 0 Å². The van der Waals surface area contributed by atoms with Crippen molar-refractivity contribution in [2.45, 2.75) is 93.8 Å². The zero-order chi connectivity index (χ0) is 99.4. The molecule has 0 unspecified atom stereocenters. The first-order chi connectivity index (χ1) is 71.1. The van der Waals surface area contributed by atoms with Crippen LogP contribution in [0.3, 0.4) is 0 Å². The second kappa shape index (κ2) is 44.5. The van der Waals surface area contributed by atoms with Crippen molar-refractivity contribution in [1.29, 1.82) is 21.0 Å². The first-order valence-corrected chi connectivity index (χ1v) is 49.0. The topological polar surface area (TPSA) is 417 Å². The summed E-state index contributed by atoms with van der Waals surface area (Å²) in [4.78, 5) is 64.3. The van der Waals surface area contributed by atoms with Gasteiger partial charge in [0.25, 0.3) is 0 Å². The number of amides is 1. The van der Waals surface area contributed by atoms with Crippen LogP contribution in [0, 0.1) is 45.3 Å². The number of hydrogen-bond donors (Lipinski definition) is 6. The predicted molar refractivity (Wildman–Crippen MR) is 543 cm³/mol. The van der Waals surface area contributed by atoms with E-state index in [0.29, 0.717) is 103 Å². The first kappa shape index (κ1) is 96.9. The molecule has 14 aromatic rings. The van der Waals surface area contributed by atoms with Gasteiger partial charge in [0.2, 0.25) is 5.91 Å². The number of piperidine rings is 2. The second-order valence-electron chi connectivity index (χ2n) is 36.9. The molecule has 8 aromatic heterocycles. The SMILES string of the molecule is COc1cc(-c2cc3c(-c4ccc(O[C@H]5CCN(C(=O)CO)C[C@H]5F)c(C#N)c4)nccc3[nH]2)ccc1N1CCN(C2COC2)CC1.COc1cc(-c2cc3c(-c4ccc(O[C@H]5CCNC[C@H]5F)c(C#N)c4)nccc3[nH]2)ccc1N1CCN(C2COC2)CC1.N#Cc1cc(-c2nccc3[nH]ccc23)ccc1OC1CCOCC1.N#Cc1cc(-c2ncnc3c2C=C(c2cncc(N)n2)C3)ccc1OC1CCOCC1. The molecule has 0 bridgehead atoms. The molecular formula is C110H109F2N21O12. The van der Waals surface area contributed by atoms with Crippen molar-refractivity contribution in [3.63, 3.8) is 0 Å². The highest BCUT2D eigenvalue weighted by Crippen LogP contribution is 2.44. The number of nitrogens with one attached hydrogen (secondary N) is 4. The number of nitrogens with zero attached hydrogens (tertiary/aromatic N) is 16. The number of rotatable bonds is 22. The van der Waals surface area contributed by atoms with Crippen LogP contribution in [0.5, 0.6) is 34.5 Å². The van der Waals surface area contributed by atoms with E-state index in [-0.39, 0.29) is 49.6 Å². The molecule has 8 saturated heterocycles. The molecule has 8 aliphatic heterocycles. The third-order valence-corrected chi connectivity index (χ3v) is 28.1. The molecule has 740 valence electrons. The van der Waals surface area contributed by atoms with Gasteiger partial charge in [-0.1, -0.05) is 12.1 Å². The molecule has 8 fully saturated rings. The number of likely N-dealkylation sites (tertiary alicyclic amines) is 1. The summed E-state index contributed by atoms with van der Waals surface area (Å²) in [5.41, 5.74) is 26.2. The number of benzene rings is 6. The van der Waals surface area contributed by atoms with Gasteiger partial charge in [0.1, 0.15) is 108 Å². The number of methoxy groups -OCH3 is 2. The molecule has 9 aliphatic rings. The van der Waals surface area contributed by atoms with E-state index in [4.69, 9.17) is 58.2 Å². The van der Waals surface area contributed by atoms with Crippen LogP contribution < -0.4 is 49.3 Å². The number of allylic oxidation sites excluding steroid dienone is 1. The minimum Gasteiger partial charge on any atom is -0.495 e. The number of hydrogen-bond acceptors (Lipinski definition) is 29. The van der Waals surface area contributed by atoms with Gasteiger partial charge in [-0.3, -0.25) is 34.5 Å². The number of alkyl halides is 2. The Morgan fingerprint density at radius 3 is 1.41 bits per heavy atom. The molecule has 145 heavy (non-hydrogen) atoms. The fourth-order valence-electron chi connectivity index (χ4n) is 19.9. The van der Waals surface area contributed by atoms with Gasteiger partial charge < -0.3 is 93.2 Å². The highest BCUT2D eigenvalue weighted by Gasteiger charge is 2.37. The molecule has 6 aromatic carbocycles. The average molecular weight is 1960 g/mol. The Bertz CT molecular complexity index is 7260. The molecule has 1 amide bonds. The lowest BCUT2D eigenvalue weighted by atomic mass is 10.0. The lowest BCUT2D eigenvalue weighted by molar-refractivity contribution is -0.138. The van der Waals surface area contributed by atoms with Crippen molar-refractivity contribution in [2.75, 3.05) is 168 Å². The maximum Gasteiger partial charge on any atom is 0.248 e. The number of aromatic amines is 3. The summed E-state index contributed by atoms with van der Waals surface area (Å²) in [6, 6.07) is 56.5.